The molecule has 0 aromatic carbocycles. The van der Waals surface area contributed by atoms with Gasteiger partial charge in [0, 0.05) is 30.1 Å². The van der Waals surface area contributed by atoms with Gasteiger partial charge in [0.15, 0.2) is 0 Å². The van der Waals surface area contributed by atoms with Crippen molar-refractivity contribution in [2.24, 2.45) is 40.4 Å². The summed E-state index contributed by atoms with van der Waals surface area (Å²) >= 11 is 0. The summed E-state index contributed by atoms with van der Waals surface area (Å²) in [5, 5.41) is 11.1. The number of carbonyl (C=O) groups is 2. The lowest BCUT2D eigenvalue weighted by molar-refractivity contribution is -0.178. The van der Waals surface area contributed by atoms with Gasteiger partial charge >= 0.3 is 0 Å². The molecule has 0 heterocycles. The third-order valence-electron chi connectivity index (χ3n) is 8.88. The highest BCUT2D eigenvalue weighted by atomic mass is 16.3. The molecule has 1 N–H and O–H groups in total. The Morgan fingerprint density at radius 2 is 1.83 bits per heavy atom. The van der Waals surface area contributed by atoms with Crippen LogP contribution in [0.3, 0.4) is 0 Å². The number of hydrogen-bond donors (Lipinski definition) is 1. The summed E-state index contributed by atoms with van der Waals surface area (Å²) in [6, 6.07) is 0. The molecule has 4 aliphatic carbocycles. The topological polar surface area (TPSA) is 54.4 Å². The standard InChI is InChI=1S/C21H32O3/c1-4-12-16(22)8-10-21(3)15-7-9-20(2)14(5-6-18(20)24)13(15)11-17(23)19(12)21/h12-15,17,19,23H,4-11H2,1-3H3/t12?,13-,14-,15+,17?,19?,20-,21+/m0/s1. The van der Waals surface area contributed by atoms with Crippen LogP contribution < -0.4 is 0 Å². The number of rotatable bonds is 1. The van der Waals surface area contributed by atoms with Crippen molar-refractivity contribution >= 4 is 11.6 Å². The summed E-state index contributed by atoms with van der Waals surface area (Å²) in [7, 11) is 0. The van der Waals surface area contributed by atoms with Crippen LogP contribution in [-0.4, -0.2) is 22.8 Å². The second kappa shape index (κ2) is 5.40. The Morgan fingerprint density at radius 3 is 2.54 bits per heavy atom. The molecule has 24 heavy (non-hydrogen) atoms. The lowest BCUT2D eigenvalue weighted by Crippen LogP contribution is -2.60. The van der Waals surface area contributed by atoms with Crippen molar-refractivity contribution in [1.82, 2.24) is 0 Å². The monoisotopic (exact) mass is 332 g/mol. The van der Waals surface area contributed by atoms with Gasteiger partial charge in [0.1, 0.15) is 11.6 Å². The van der Waals surface area contributed by atoms with Crippen LogP contribution in [0.25, 0.3) is 0 Å². The van der Waals surface area contributed by atoms with E-state index in [1.165, 1.54) is 0 Å². The van der Waals surface area contributed by atoms with E-state index in [1.54, 1.807) is 0 Å². The van der Waals surface area contributed by atoms with Crippen LogP contribution >= 0.6 is 0 Å². The maximum atomic E-state index is 12.5. The number of fused-ring (bicyclic) bond motifs is 5. The highest BCUT2D eigenvalue weighted by molar-refractivity contribution is 5.87. The van der Waals surface area contributed by atoms with Gasteiger partial charge in [0.25, 0.3) is 0 Å². The normalized spacial score (nSPS) is 54.2. The average Bonchev–Trinajstić information content (AvgIpc) is 2.84. The van der Waals surface area contributed by atoms with E-state index in [0.29, 0.717) is 35.7 Å². The van der Waals surface area contributed by atoms with Gasteiger partial charge in [-0.25, -0.2) is 0 Å². The number of aliphatic hydroxyl groups is 1. The molecule has 4 rings (SSSR count). The Kier molecular flexibility index (Phi) is 3.77. The van der Waals surface area contributed by atoms with Gasteiger partial charge < -0.3 is 5.11 Å². The van der Waals surface area contributed by atoms with Gasteiger partial charge in [0.2, 0.25) is 0 Å². The Balaban J connectivity index is 1.71. The van der Waals surface area contributed by atoms with Crippen LogP contribution in [0.1, 0.15) is 72.1 Å². The van der Waals surface area contributed by atoms with Crippen molar-refractivity contribution in [3.8, 4) is 0 Å². The van der Waals surface area contributed by atoms with Gasteiger partial charge in [-0.3, -0.25) is 9.59 Å². The van der Waals surface area contributed by atoms with Crippen LogP contribution in [0.5, 0.6) is 0 Å². The Labute approximate surface area is 145 Å². The highest BCUT2D eigenvalue weighted by Gasteiger charge is 2.63. The summed E-state index contributed by atoms with van der Waals surface area (Å²) in [4.78, 5) is 24.9. The second-order valence-electron chi connectivity index (χ2n) is 9.61. The third kappa shape index (κ3) is 2.00. The van der Waals surface area contributed by atoms with E-state index >= 15 is 0 Å². The van der Waals surface area contributed by atoms with Crippen molar-refractivity contribution in [2.75, 3.05) is 0 Å². The first-order chi connectivity index (χ1) is 11.3. The van der Waals surface area contributed by atoms with Gasteiger partial charge in [-0.1, -0.05) is 20.8 Å². The zero-order valence-corrected chi connectivity index (χ0v) is 15.4. The molecule has 4 saturated carbocycles. The smallest absolute Gasteiger partial charge is 0.139 e. The zero-order chi connectivity index (χ0) is 17.3. The van der Waals surface area contributed by atoms with Crippen molar-refractivity contribution in [1.29, 1.82) is 0 Å². The van der Waals surface area contributed by atoms with E-state index in [2.05, 4.69) is 20.8 Å². The maximum absolute atomic E-state index is 12.5. The number of aliphatic hydroxyl groups excluding tert-OH is 1. The molecular weight excluding hydrogens is 300 g/mol. The first-order valence-corrected chi connectivity index (χ1v) is 10.1. The minimum atomic E-state index is -0.372. The summed E-state index contributed by atoms with van der Waals surface area (Å²) in [6.07, 6.45) is 6.77. The molecule has 0 saturated heterocycles. The largest absolute Gasteiger partial charge is 0.393 e. The highest BCUT2D eigenvalue weighted by Crippen LogP contribution is 2.66. The quantitative estimate of drug-likeness (QED) is 0.795. The molecule has 0 bridgehead atoms. The van der Waals surface area contributed by atoms with Gasteiger partial charge in [-0.05, 0) is 61.7 Å². The average molecular weight is 332 g/mol. The minimum Gasteiger partial charge on any atom is -0.393 e. The molecule has 3 nitrogen and oxygen atoms in total. The van der Waals surface area contributed by atoms with E-state index in [4.69, 9.17) is 0 Å². The summed E-state index contributed by atoms with van der Waals surface area (Å²) in [5.41, 5.74) is -0.0669. The molecule has 4 aliphatic rings. The van der Waals surface area contributed by atoms with E-state index in [0.717, 1.165) is 44.9 Å². The van der Waals surface area contributed by atoms with E-state index in [9.17, 15) is 14.7 Å². The van der Waals surface area contributed by atoms with Crippen LogP contribution in [0.4, 0.5) is 0 Å². The summed E-state index contributed by atoms with van der Waals surface area (Å²) in [6.45, 7) is 6.64. The summed E-state index contributed by atoms with van der Waals surface area (Å²) < 4.78 is 0. The molecule has 3 unspecified atom stereocenters. The zero-order valence-electron chi connectivity index (χ0n) is 15.4. The van der Waals surface area contributed by atoms with Crippen LogP contribution in [0.15, 0.2) is 0 Å². The first-order valence-electron chi connectivity index (χ1n) is 10.1. The first kappa shape index (κ1) is 16.8. The van der Waals surface area contributed by atoms with E-state index in [1.807, 2.05) is 0 Å². The van der Waals surface area contributed by atoms with Gasteiger partial charge in [-0.15, -0.1) is 0 Å². The predicted octanol–water partition coefficient (Wildman–Crippen LogP) is 3.77. The van der Waals surface area contributed by atoms with Crippen LogP contribution in [0.2, 0.25) is 0 Å². The van der Waals surface area contributed by atoms with Crippen molar-refractivity contribution < 1.29 is 14.7 Å². The molecule has 0 amide bonds. The lowest BCUT2D eigenvalue weighted by atomic mass is 9.43. The fraction of sp³-hybridized carbons (Fsp3) is 0.905. The Hall–Kier alpha value is -0.700. The predicted molar refractivity (Wildman–Crippen MR) is 92.3 cm³/mol. The molecule has 8 atom stereocenters. The lowest BCUT2D eigenvalue weighted by Gasteiger charge is -2.62. The molecule has 0 aromatic rings. The Morgan fingerprint density at radius 1 is 1.08 bits per heavy atom. The molecule has 3 heteroatoms. The van der Waals surface area contributed by atoms with Crippen molar-refractivity contribution in [3.63, 3.8) is 0 Å². The van der Waals surface area contributed by atoms with E-state index < -0.39 is 0 Å². The van der Waals surface area contributed by atoms with Crippen LogP contribution in [-0.2, 0) is 9.59 Å². The minimum absolute atomic E-state index is 0.0400. The number of ketones is 2. The molecule has 4 fully saturated rings. The number of Topliss-reactive ketones (excluding diaryl/α,β-unsaturated/α-hetero) is 2. The fourth-order valence-electron chi connectivity index (χ4n) is 7.66. The molecule has 0 aliphatic heterocycles. The second-order valence-corrected chi connectivity index (χ2v) is 9.61. The van der Waals surface area contributed by atoms with Crippen molar-refractivity contribution in [3.05, 3.63) is 0 Å². The molecule has 0 spiro atoms. The summed E-state index contributed by atoms with van der Waals surface area (Å²) in [5.74, 6) is 2.50. The van der Waals surface area contributed by atoms with Gasteiger partial charge in [-0.2, -0.15) is 0 Å². The van der Waals surface area contributed by atoms with Crippen LogP contribution in [0, 0.1) is 40.4 Å². The SMILES string of the molecule is CCC1C(=O)CC[C@@]2(C)C1C(O)C[C@@H]1[C@H]2CC[C@]2(C)C(=O)CC[C@@H]12. The fourth-order valence-corrected chi connectivity index (χ4v) is 7.66. The maximum Gasteiger partial charge on any atom is 0.139 e. The Bertz CT molecular complexity index is 569. The molecular formula is C21H32O3. The number of hydrogen-bond acceptors (Lipinski definition) is 3. The molecule has 134 valence electrons. The van der Waals surface area contributed by atoms with Gasteiger partial charge in [0.05, 0.1) is 6.10 Å². The molecule has 0 aromatic heterocycles. The number of carbonyl (C=O) groups excluding carboxylic acids is 2. The molecule has 0 radical (unpaired) electrons. The van der Waals surface area contributed by atoms with E-state index in [-0.39, 0.29) is 28.8 Å². The third-order valence-corrected chi connectivity index (χ3v) is 8.88. The van der Waals surface area contributed by atoms with Crippen molar-refractivity contribution in [2.45, 2.75) is 78.2 Å².